The number of sulfonamides is 1. The van der Waals surface area contributed by atoms with Crippen LogP contribution < -0.4 is 10.5 Å². The van der Waals surface area contributed by atoms with Crippen molar-refractivity contribution in [2.24, 2.45) is 0 Å². The van der Waals surface area contributed by atoms with Crippen LogP contribution in [0.1, 0.15) is 25.7 Å². The van der Waals surface area contributed by atoms with Crippen molar-refractivity contribution in [2.45, 2.75) is 42.7 Å². The Morgan fingerprint density at radius 3 is 2.86 bits per heavy atom. The molecule has 1 aromatic carbocycles. The second-order valence-electron chi connectivity index (χ2n) is 5.86. The second-order valence-corrected chi connectivity index (χ2v) is 7.55. The van der Waals surface area contributed by atoms with E-state index < -0.39 is 15.8 Å². The highest BCUT2D eigenvalue weighted by atomic mass is 32.2. The van der Waals surface area contributed by atoms with Crippen LogP contribution in [0.15, 0.2) is 23.1 Å². The molecular weight excluding hydrogens is 293 g/mol. The van der Waals surface area contributed by atoms with E-state index in [4.69, 9.17) is 5.73 Å². The van der Waals surface area contributed by atoms with Crippen molar-refractivity contribution >= 4 is 15.7 Å². The van der Waals surface area contributed by atoms with Crippen LogP contribution in [-0.2, 0) is 10.0 Å². The Hall–Kier alpha value is -1.18. The number of hydrogen-bond donors (Lipinski definition) is 2. The van der Waals surface area contributed by atoms with E-state index in [-0.39, 0.29) is 16.6 Å². The van der Waals surface area contributed by atoms with Gasteiger partial charge in [0.15, 0.2) is 0 Å². The largest absolute Gasteiger partial charge is 0.399 e. The number of nitrogens with zero attached hydrogens (tertiary/aromatic N) is 1. The molecule has 7 heteroatoms. The van der Waals surface area contributed by atoms with Crippen LogP contribution >= 0.6 is 0 Å². The molecule has 0 aromatic heterocycles. The molecule has 116 valence electrons. The molecule has 2 aliphatic heterocycles. The lowest BCUT2D eigenvalue weighted by Crippen LogP contribution is -2.47. The fourth-order valence-corrected chi connectivity index (χ4v) is 4.69. The summed E-state index contributed by atoms with van der Waals surface area (Å²) in [6.07, 6.45) is 3.87. The van der Waals surface area contributed by atoms with Gasteiger partial charge in [-0.05, 0) is 57.0 Å². The van der Waals surface area contributed by atoms with Crippen LogP contribution in [0.4, 0.5) is 10.1 Å². The van der Waals surface area contributed by atoms with E-state index in [9.17, 15) is 12.8 Å². The zero-order chi connectivity index (χ0) is 15.0. The van der Waals surface area contributed by atoms with Gasteiger partial charge in [0.05, 0.1) is 0 Å². The Morgan fingerprint density at radius 1 is 1.29 bits per heavy atom. The van der Waals surface area contributed by atoms with E-state index in [1.807, 2.05) is 0 Å². The Kier molecular flexibility index (Phi) is 3.90. The van der Waals surface area contributed by atoms with Crippen LogP contribution in [0.3, 0.4) is 0 Å². The van der Waals surface area contributed by atoms with Crippen molar-refractivity contribution in [3.8, 4) is 0 Å². The minimum Gasteiger partial charge on any atom is -0.399 e. The van der Waals surface area contributed by atoms with Crippen molar-refractivity contribution in [1.29, 1.82) is 0 Å². The van der Waals surface area contributed by atoms with Crippen LogP contribution in [0.2, 0.25) is 0 Å². The molecule has 0 saturated carbocycles. The first-order chi connectivity index (χ1) is 9.95. The molecule has 2 atom stereocenters. The van der Waals surface area contributed by atoms with Crippen molar-refractivity contribution in [3.63, 3.8) is 0 Å². The number of nitrogen functional groups attached to an aromatic ring is 1. The number of rotatable bonds is 3. The number of hydrogen-bond acceptors (Lipinski definition) is 4. The molecule has 21 heavy (non-hydrogen) atoms. The van der Waals surface area contributed by atoms with E-state index in [0.29, 0.717) is 6.04 Å². The predicted octanol–water partition coefficient (Wildman–Crippen LogP) is 1.31. The summed E-state index contributed by atoms with van der Waals surface area (Å²) >= 11 is 0. The molecule has 3 rings (SSSR count). The summed E-state index contributed by atoms with van der Waals surface area (Å²) in [6, 6.07) is 4.00. The molecule has 2 aliphatic rings. The second kappa shape index (κ2) is 5.55. The molecule has 0 spiro atoms. The number of halogens is 1. The summed E-state index contributed by atoms with van der Waals surface area (Å²) in [5.74, 6) is -0.805. The summed E-state index contributed by atoms with van der Waals surface area (Å²) in [7, 11) is -3.84. The number of piperidine rings is 1. The van der Waals surface area contributed by atoms with E-state index in [1.54, 1.807) is 0 Å². The number of nitrogens with two attached hydrogens (primary N) is 1. The predicted molar refractivity (Wildman–Crippen MR) is 78.8 cm³/mol. The van der Waals surface area contributed by atoms with Crippen molar-refractivity contribution in [3.05, 3.63) is 24.0 Å². The maximum atomic E-state index is 13.8. The monoisotopic (exact) mass is 313 g/mol. The Bertz CT molecular complexity index is 635. The summed E-state index contributed by atoms with van der Waals surface area (Å²) in [5.41, 5.74) is 5.67. The quantitative estimate of drug-likeness (QED) is 0.825. The SMILES string of the molecule is Nc1ccc(S(=O)(=O)NC2CCN3CCCC3C2)c(F)c1. The van der Waals surface area contributed by atoms with Crippen LogP contribution in [-0.4, -0.2) is 38.5 Å². The average molecular weight is 313 g/mol. The van der Waals surface area contributed by atoms with Gasteiger partial charge in [-0.25, -0.2) is 17.5 Å². The summed E-state index contributed by atoms with van der Waals surface area (Å²) < 4.78 is 41.1. The van der Waals surface area contributed by atoms with Gasteiger partial charge in [-0.2, -0.15) is 0 Å². The molecule has 2 heterocycles. The van der Waals surface area contributed by atoms with Crippen LogP contribution in [0.25, 0.3) is 0 Å². The first kappa shape index (κ1) is 14.7. The number of benzene rings is 1. The van der Waals surface area contributed by atoms with E-state index in [0.717, 1.165) is 38.4 Å². The van der Waals surface area contributed by atoms with Gasteiger partial charge >= 0.3 is 0 Å². The zero-order valence-electron chi connectivity index (χ0n) is 11.8. The summed E-state index contributed by atoms with van der Waals surface area (Å²) in [6.45, 7) is 2.01. The minimum atomic E-state index is -3.84. The van der Waals surface area contributed by atoms with E-state index >= 15 is 0 Å². The molecule has 2 saturated heterocycles. The fraction of sp³-hybridized carbons (Fsp3) is 0.571. The van der Waals surface area contributed by atoms with Crippen molar-refractivity contribution < 1.29 is 12.8 Å². The van der Waals surface area contributed by atoms with Gasteiger partial charge in [-0.3, -0.25) is 0 Å². The Balaban J connectivity index is 1.74. The van der Waals surface area contributed by atoms with Gasteiger partial charge in [0.25, 0.3) is 0 Å². The van der Waals surface area contributed by atoms with Gasteiger partial charge in [0.1, 0.15) is 10.7 Å². The maximum Gasteiger partial charge on any atom is 0.243 e. The number of anilines is 1. The van der Waals surface area contributed by atoms with E-state index in [2.05, 4.69) is 9.62 Å². The molecule has 0 radical (unpaired) electrons. The molecule has 2 fully saturated rings. The van der Waals surface area contributed by atoms with Crippen LogP contribution in [0.5, 0.6) is 0 Å². The Labute approximate surface area is 124 Å². The smallest absolute Gasteiger partial charge is 0.243 e. The van der Waals surface area contributed by atoms with Crippen molar-refractivity contribution in [2.75, 3.05) is 18.8 Å². The maximum absolute atomic E-state index is 13.8. The van der Waals surface area contributed by atoms with Crippen LogP contribution in [0, 0.1) is 5.82 Å². The highest BCUT2D eigenvalue weighted by Gasteiger charge is 2.34. The molecule has 0 amide bonds. The van der Waals surface area contributed by atoms with Gasteiger partial charge in [-0.1, -0.05) is 0 Å². The first-order valence-electron chi connectivity index (χ1n) is 7.27. The standard InChI is InChI=1S/C14H20FN3O2S/c15-13-8-10(16)3-4-14(13)21(19,20)17-11-5-7-18-6-1-2-12(18)9-11/h3-4,8,11-12,17H,1-2,5-7,9,16H2. The first-order valence-corrected chi connectivity index (χ1v) is 8.75. The van der Waals surface area contributed by atoms with E-state index in [1.165, 1.54) is 18.6 Å². The summed E-state index contributed by atoms with van der Waals surface area (Å²) in [5, 5.41) is 0. The molecule has 2 unspecified atom stereocenters. The third kappa shape index (κ3) is 3.04. The Morgan fingerprint density at radius 2 is 2.10 bits per heavy atom. The molecule has 5 nitrogen and oxygen atoms in total. The normalized spacial score (nSPS) is 26.7. The lowest BCUT2D eigenvalue weighted by Gasteiger charge is -2.34. The highest BCUT2D eigenvalue weighted by Crippen LogP contribution is 2.28. The van der Waals surface area contributed by atoms with Gasteiger partial charge in [-0.15, -0.1) is 0 Å². The minimum absolute atomic E-state index is 0.119. The third-order valence-corrected chi connectivity index (χ3v) is 5.94. The number of nitrogens with one attached hydrogen (secondary N) is 1. The molecule has 0 bridgehead atoms. The fourth-order valence-electron chi connectivity index (χ4n) is 3.35. The number of fused-ring (bicyclic) bond motifs is 1. The topological polar surface area (TPSA) is 75.4 Å². The van der Waals surface area contributed by atoms with Gasteiger partial charge in [0, 0.05) is 17.8 Å². The lowest BCUT2D eigenvalue weighted by atomic mass is 9.99. The molecule has 1 aromatic rings. The van der Waals surface area contributed by atoms with Gasteiger partial charge < -0.3 is 10.6 Å². The zero-order valence-corrected chi connectivity index (χ0v) is 12.6. The average Bonchev–Trinajstić information content (AvgIpc) is 2.85. The third-order valence-electron chi connectivity index (χ3n) is 4.39. The highest BCUT2D eigenvalue weighted by molar-refractivity contribution is 7.89. The van der Waals surface area contributed by atoms with Crippen molar-refractivity contribution in [1.82, 2.24) is 9.62 Å². The molecule has 0 aliphatic carbocycles. The molecular formula is C14H20FN3O2S. The van der Waals surface area contributed by atoms with Gasteiger partial charge in [0.2, 0.25) is 10.0 Å². The molecule has 3 N–H and O–H groups in total. The summed E-state index contributed by atoms with van der Waals surface area (Å²) in [4.78, 5) is 2.08. The lowest BCUT2D eigenvalue weighted by molar-refractivity contribution is 0.176.